The minimum Gasteiger partial charge on any atom is -0.491 e. The first-order valence-electron chi connectivity index (χ1n) is 5.70. The summed E-state index contributed by atoms with van der Waals surface area (Å²) in [5.41, 5.74) is 1.34. The summed E-state index contributed by atoms with van der Waals surface area (Å²) >= 11 is 0. The topological polar surface area (TPSA) is 55.8 Å². The summed E-state index contributed by atoms with van der Waals surface area (Å²) in [4.78, 5) is 24.0. The van der Waals surface area contributed by atoms with Crippen LogP contribution in [0.3, 0.4) is 0 Å². The Bertz CT molecular complexity index is 478. The fourth-order valence-electron chi connectivity index (χ4n) is 1.86. The van der Waals surface area contributed by atoms with Crippen molar-refractivity contribution in [1.82, 2.24) is 4.90 Å². The monoisotopic (exact) mass is 283 g/mol. The lowest BCUT2D eigenvalue weighted by Gasteiger charge is -2.20. The van der Waals surface area contributed by atoms with Crippen LogP contribution in [0.4, 0.5) is 0 Å². The van der Waals surface area contributed by atoms with Crippen molar-refractivity contribution in [2.24, 2.45) is 0 Å². The van der Waals surface area contributed by atoms with Crippen LogP contribution in [0.15, 0.2) is 18.2 Å². The van der Waals surface area contributed by atoms with E-state index < -0.39 is 5.97 Å². The number of hydrogen-bond donors (Lipinski definition) is 0. The molecule has 2 rings (SSSR count). The van der Waals surface area contributed by atoms with Gasteiger partial charge in [0.1, 0.15) is 12.4 Å². The summed E-state index contributed by atoms with van der Waals surface area (Å²) in [6.45, 7) is 2.82. The number of carbonyl (C=O) groups excluding carboxylic acids is 2. The van der Waals surface area contributed by atoms with E-state index in [0.717, 1.165) is 12.0 Å². The first-order chi connectivity index (χ1) is 8.65. The highest BCUT2D eigenvalue weighted by atomic mass is 32.1. The van der Waals surface area contributed by atoms with Crippen LogP contribution >= 0.6 is 13.5 Å². The van der Waals surface area contributed by atoms with Crippen LogP contribution in [0.2, 0.25) is 0 Å². The lowest BCUT2D eigenvalue weighted by Crippen LogP contribution is -2.33. The summed E-state index contributed by atoms with van der Waals surface area (Å²) in [6.07, 6.45) is 0.817. The number of fused-ring (bicyclic) bond motifs is 1. The number of methoxy groups -OCH3 is 1. The average Bonchev–Trinajstić information content (AvgIpc) is 2.56. The van der Waals surface area contributed by atoms with Gasteiger partial charge in [-0.3, -0.25) is 4.79 Å². The second-order valence-electron chi connectivity index (χ2n) is 4.25. The number of benzene rings is 1. The van der Waals surface area contributed by atoms with Gasteiger partial charge in [0.25, 0.3) is 0 Å². The lowest BCUT2D eigenvalue weighted by atomic mass is 10.1. The zero-order valence-corrected chi connectivity index (χ0v) is 11.9. The Morgan fingerprint density at radius 3 is 2.89 bits per heavy atom. The van der Waals surface area contributed by atoms with Gasteiger partial charge in [-0.15, -0.1) is 0 Å². The van der Waals surface area contributed by atoms with Crippen LogP contribution in [0, 0.1) is 0 Å². The number of nitrogens with zero attached hydrogens (tertiary/aromatic N) is 1. The molecule has 0 aromatic heterocycles. The van der Waals surface area contributed by atoms with E-state index in [4.69, 9.17) is 4.74 Å². The quantitative estimate of drug-likeness (QED) is 0.607. The summed E-state index contributed by atoms with van der Waals surface area (Å²) in [7, 11) is 1.34. The van der Waals surface area contributed by atoms with Gasteiger partial charge in [0.15, 0.2) is 0 Å². The van der Waals surface area contributed by atoms with Gasteiger partial charge in [-0.2, -0.15) is 13.5 Å². The summed E-state index contributed by atoms with van der Waals surface area (Å²) in [5, 5.41) is 0. The van der Waals surface area contributed by atoms with Crippen LogP contribution in [0.1, 0.15) is 22.8 Å². The molecule has 1 aromatic carbocycles. The molecule has 0 unspecified atom stereocenters. The van der Waals surface area contributed by atoms with Crippen LogP contribution in [0.25, 0.3) is 0 Å². The van der Waals surface area contributed by atoms with E-state index in [1.807, 2.05) is 6.92 Å². The molecule has 0 aliphatic carbocycles. The lowest BCUT2D eigenvalue weighted by molar-refractivity contribution is -0.120. The van der Waals surface area contributed by atoms with Crippen molar-refractivity contribution < 1.29 is 19.1 Å². The van der Waals surface area contributed by atoms with Crippen molar-refractivity contribution in [2.75, 3.05) is 13.7 Å². The summed E-state index contributed by atoms with van der Waals surface area (Å²) in [5.74, 6) is 0.236. The zero-order chi connectivity index (χ0) is 13.1. The predicted molar refractivity (Wildman–Crippen MR) is 74.7 cm³/mol. The fourth-order valence-corrected chi connectivity index (χ4v) is 1.86. The maximum absolute atomic E-state index is 11.4. The average molecular weight is 283 g/mol. The largest absolute Gasteiger partial charge is 0.491 e. The third-order valence-corrected chi connectivity index (χ3v) is 3.02. The molecule has 1 heterocycles. The maximum atomic E-state index is 11.4. The molecule has 0 N–H and O–H groups in total. The van der Waals surface area contributed by atoms with Crippen LogP contribution in [-0.4, -0.2) is 37.0 Å². The Labute approximate surface area is 118 Å². The molecule has 0 saturated carbocycles. The van der Waals surface area contributed by atoms with Crippen molar-refractivity contribution in [3.8, 4) is 5.75 Å². The number of esters is 1. The van der Waals surface area contributed by atoms with Gasteiger partial charge in [0.2, 0.25) is 6.41 Å². The zero-order valence-electron chi connectivity index (χ0n) is 10.9. The van der Waals surface area contributed by atoms with Crippen molar-refractivity contribution in [3.63, 3.8) is 0 Å². The molecule has 0 spiro atoms. The van der Waals surface area contributed by atoms with Crippen molar-refractivity contribution in [3.05, 3.63) is 29.3 Å². The molecular weight excluding hydrogens is 266 g/mol. The maximum Gasteiger partial charge on any atom is 0.337 e. The highest BCUT2D eigenvalue weighted by Gasteiger charge is 2.21. The molecule has 6 heteroatoms. The molecule has 104 valence electrons. The normalized spacial score (nSPS) is 17.4. The number of amides is 1. The molecule has 5 nitrogen and oxygen atoms in total. The van der Waals surface area contributed by atoms with Crippen LogP contribution in [0.5, 0.6) is 5.75 Å². The van der Waals surface area contributed by atoms with Crippen LogP contribution in [-0.2, 0) is 16.1 Å². The van der Waals surface area contributed by atoms with Crippen molar-refractivity contribution in [2.45, 2.75) is 19.5 Å². The molecule has 0 bridgehead atoms. The SMILES string of the molecule is COC(=O)c1ccc2c(c1)OC[C@H](C)N(C=O)C2.S. The van der Waals surface area contributed by atoms with E-state index in [1.165, 1.54) is 7.11 Å². The third kappa shape index (κ3) is 3.20. The van der Waals surface area contributed by atoms with Crippen LogP contribution < -0.4 is 4.74 Å². The van der Waals surface area contributed by atoms with E-state index >= 15 is 0 Å². The van der Waals surface area contributed by atoms with Gasteiger partial charge in [-0.1, -0.05) is 6.07 Å². The molecule has 19 heavy (non-hydrogen) atoms. The minimum atomic E-state index is -0.397. The second-order valence-corrected chi connectivity index (χ2v) is 4.25. The summed E-state index contributed by atoms with van der Waals surface area (Å²) < 4.78 is 10.3. The molecule has 1 aromatic rings. The van der Waals surface area contributed by atoms with Crippen molar-refractivity contribution in [1.29, 1.82) is 0 Å². The number of hydrogen-bond acceptors (Lipinski definition) is 4. The molecule has 0 fully saturated rings. The van der Waals surface area contributed by atoms with Gasteiger partial charge < -0.3 is 14.4 Å². The van der Waals surface area contributed by atoms with Gasteiger partial charge in [-0.25, -0.2) is 4.79 Å². The van der Waals surface area contributed by atoms with Gasteiger partial charge in [0, 0.05) is 12.1 Å². The number of ether oxygens (including phenoxy) is 2. The van der Waals surface area contributed by atoms with E-state index in [2.05, 4.69) is 4.74 Å². The Balaban J connectivity index is 0.00000180. The Kier molecular flexibility index (Phi) is 5.23. The predicted octanol–water partition coefficient (Wildman–Crippen LogP) is 1.33. The molecule has 0 radical (unpaired) electrons. The van der Waals surface area contributed by atoms with Gasteiger partial charge in [0.05, 0.1) is 18.7 Å². The first-order valence-corrected chi connectivity index (χ1v) is 5.70. The second kappa shape index (κ2) is 6.47. The number of rotatable bonds is 2. The van der Waals surface area contributed by atoms with Gasteiger partial charge >= 0.3 is 5.97 Å². The van der Waals surface area contributed by atoms with Crippen molar-refractivity contribution >= 4 is 25.9 Å². The summed E-state index contributed by atoms with van der Waals surface area (Å²) in [6, 6.07) is 5.13. The molecular formula is C13H17NO4S. The third-order valence-electron chi connectivity index (χ3n) is 3.02. The Hall–Kier alpha value is -1.69. The molecule has 1 atom stereocenters. The molecule has 0 saturated heterocycles. The highest BCUT2D eigenvalue weighted by molar-refractivity contribution is 7.59. The smallest absolute Gasteiger partial charge is 0.337 e. The highest BCUT2D eigenvalue weighted by Crippen LogP contribution is 2.26. The van der Waals surface area contributed by atoms with E-state index in [9.17, 15) is 9.59 Å². The number of carbonyl (C=O) groups is 2. The first kappa shape index (κ1) is 15.4. The van der Waals surface area contributed by atoms with E-state index in [0.29, 0.717) is 24.5 Å². The molecule has 1 aliphatic heterocycles. The Morgan fingerprint density at radius 2 is 2.26 bits per heavy atom. The standard InChI is InChI=1S/C13H15NO4.H2S/c1-9-7-18-12-5-10(13(16)17-2)3-4-11(12)6-14(9)8-15;/h3-5,8-9H,6-7H2,1-2H3;1H2/t9-;/m0./s1. The fraction of sp³-hybridized carbons (Fsp3) is 0.385. The van der Waals surface area contributed by atoms with E-state index in [1.54, 1.807) is 23.1 Å². The van der Waals surface area contributed by atoms with Gasteiger partial charge in [-0.05, 0) is 19.1 Å². The minimum absolute atomic E-state index is 0. The molecule has 1 amide bonds. The Morgan fingerprint density at radius 1 is 1.53 bits per heavy atom. The molecule has 1 aliphatic rings. The van der Waals surface area contributed by atoms with E-state index in [-0.39, 0.29) is 19.5 Å².